The van der Waals surface area contributed by atoms with Crippen LogP contribution in [-0.4, -0.2) is 29.0 Å². The van der Waals surface area contributed by atoms with Gasteiger partial charge in [-0.25, -0.2) is 15.0 Å². The molecule has 132 valence electrons. The number of nitrogens with one attached hydrogen (secondary N) is 2. The van der Waals surface area contributed by atoms with Crippen LogP contribution in [0.1, 0.15) is 46.0 Å². The fraction of sp³-hybridized carbons (Fsp3) is 0.588. The SMILES string of the molecule is CCNC(=NCc1nc(C)c(C)s1)NCCCCc1nc(C)cs1. The Morgan fingerprint density at radius 2 is 1.96 bits per heavy atom. The maximum atomic E-state index is 4.63. The Hall–Kier alpha value is -1.47. The van der Waals surface area contributed by atoms with Gasteiger partial charge in [0.05, 0.1) is 17.2 Å². The molecule has 0 aromatic carbocycles. The Morgan fingerprint density at radius 3 is 2.58 bits per heavy atom. The van der Waals surface area contributed by atoms with E-state index in [2.05, 4.69) is 44.8 Å². The topological polar surface area (TPSA) is 62.2 Å². The van der Waals surface area contributed by atoms with Crippen molar-refractivity contribution < 1.29 is 0 Å². The minimum atomic E-state index is 0.632. The smallest absolute Gasteiger partial charge is 0.191 e. The van der Waals surface area contributed by atoms with Crippen molar-refractivity contribution in [1.29, 1.82) is 0 Å². The number of thiazole rings is 2. The van der Waals surface area contributed by atoms with Crippen molar-refractivity contribution in [2.24, 2.45) is 4.99 Å². The van der Waals surface area contributed by atoms with Crippen LogP contribution in [0.15, 0.2) is 10.4 Å². The number of guanidine groups is 1. The highest BCUT2D eigenvalue weighted by atomic mass is 32.1. The van der Waals surface area contributed by atoms with E-state index in [4.69, 9.17) is 0 Å². The van der Waals surface area contributed by atoms with E-state index >= 15 is 0 Å². The average Bonchev–Trinajstić information content (AvgIpc) is 3.10. The Kier molecular flexibility index (Phi) is 7.65. The number of nitrogens with zero attached hydrogens (tertiary/aromatic N) is 3. The van der Waals surface area contributed by atoms with Crippen LogP contribution in [0.25, 0.3) is 0 Å². The summed E-state index contributed by atoms with van der Waals surface area (Å²) in [6.07, 6.45) is 3.31. The van der Waals surface area contributed by atoms with Crippen molar-refractivity contribution in [1.82, 2.24) is 20.6 Å². The number of unbranched alkanes of at least 4 members (excludes halogenated alkanes) is 1. The molecule has 2 heterocycles. The van der Waals surface area contributed by atoms with Crippen molar-refractivity contribution in [3.8, 4) is 0 Å². The third kappa shape index (κ3) is 6.20. The third-order valence-corrected chi connectivity index (χ3v) is 5.65. The van der Waals surface area contributed by atoms with Crippen LogP contribution in [0.3, 0.4) is 0 Å². The molecule has 2 aromatic rings. The Morgan fingerprint density at radius 1 is 1.12 bits per heavy atom. The van der Waals surface area contributed by atoms with Crippen LogP contribution in [-0.2, 0) is 13.0 Å². The molecule has 0 aliphatic heterocycles. The van der Waals surface area contributed by atoms with E-state index < -0.39 is 0 Å². The highest BCUT2D eigenvalue weighted by molar-refractivity contribution is 7.11. The number of aromatic nitrogens is 2. The van der Waals surface area contributed by atoms with E-state index in [0.717, 1.165) is 54.7 Å². The highest BCUT2D eigenvalue weighted by Crippen LogP contribution is 2.17. The standard InChI is InChI=1S/C17H27N5S2/c1-5-18-17(20-10-16-22-13(3)14(4)24-16)19-9-7-6-8-15-21-12(2)11-23-15/h11H,5-10H2,1-4H3,(H2,18,19,20). The summed E-state index contributed by atoms with van der Waals surface area (Å²) in [5.74, 6) is 0.869. The zero-order valence-electron chi connectivity index (χ0n) is 15.0. The summed E-state index contributed by atoms with van der Waals surface area (Å²) in [7, 11) is 0. The number of hydrogen-bond acceptors (Lipinski definition) is 5. The molecule has 0 saturated heterocycles. The summed E-state index contributed by atoms with van der Waals surface area (Å²) in [6.45, 7) is 10.7. The Balaban J connectivity index is 1.72. The molecule has 2 aromatic heterocycles. The molecule has 7 heteroatoms. The summed E-state index contributed by atoms with van der Waals surface area (Å²) in [6, 6.07) is 0. The molecular weight excluding hydrogens is 338 g/mol. The summed E-state index contributed by atoms with van der Waals surface area (Å²) >= 11 is 3.48. The molecule has 0 spiro atoms. The lowest BCUT2D eigenvalue weighted by molar-refractivity contribution is 0.692. The molecule has 0 amide bonds. The maximum absolute atomic E-state index is 4.63. The predicted octanol–water partition coefficient (Wildman–Crippen LogP) is 3.60. The van der Waals surface area contributed by atoms with E-state index in [-0.39, 0.29) is 0 Å². The molecule has 0 saturated carbocycles. The molecule has 0 radical (unpaired) electrons. The Bertz CT molecular complexity index is 640. The fourth-order valence-electron chi connectivity index (χ4n) is 2.22. The molecular formula is C17H27N5S2. The normalized spacial score (nSPS) is 11.8. The van der Waals surface area contributed by atoms with Gasteiger partial charge in [-0.3, -0.25) is 0 Å². The van der Waals surface area contributed by atoms with Gasteiger partial charge in [0.15, 0.2) is 5.96 Å². The zero-order chi connectivity index (χ0) is 17.4. The lowest BCUT2D eigenvalue weighted by Gasteiger charge is -2.10. The third-order valence-electron chi connectivity index (χ3n) is 3.57. The first-order valence-corrected chi connectivity index (χ1v) is 10.1. The first-order valence-electron chi connectivity index (χ1n) is 8.44. The monoisotopic (exact) mass is 365 g/mol. The van der Waals surface area contributed by atoms with Gasteiger partial charge >= 0.3 is 0 Å². The molecule has 0 fully saturated rings. The lowest BCUT2D eigenvalue weighted by atomic mass is 10.2. The van der Waals surface area contributed by atoms with Crippen LogP contribution >= 0.6 is 22.7 Å². The van der Waals surface area contributed by atoms with E-state index in [0.29, 0.717) is 6.54 Å². The molecule has 2 rings (SSSR count). The van der Waals surface area contributed by atoms with Crippen molar-refractivity contribution >= 4 is 28.6 Å². The lowest BCUT2D eigenvalue weighted by Crippen LogP contribution is -2.37. The largest absolute Gasteiger partial charge is 0.357 e. The van der Waals surface area contributed by atoms with E-state index in [1.807, 2.05) is 13.8 Å². The van der Waals surface area contributed by atoms with E-state index in [1.54, 1.807) is 22.7 Å². The number of aliphatic imine (C=N–C) groups is 1. The molecule has 0 bridgehead atoms. The molecule has 0 atom stereocenters. The van der Waals surface area contributed by atoms with E-state index in [1.165, 1.54) is 9.88 Å². The second-order valence-corrected chi connectivity index (χ2v) is 7.94. The fourth-order valence-corrected chi connectivity index (χ4v) is 3.90. The van der Waals surface area contributed by atoms with Crippen LogP contribution < -0.4 is 10.6 Å². The van der Waals surface area contributed by atoms with Gasteiger partial charge in [-0.2, -0.15) is 0 Å². The van der Waals surface area contributed by atoms with Crippen molar-refractivity contribution in [2.45, 2.75) is 53.5 Å². The van der Waals surface area contributed by atoms with Crippen LogP contribution in [0.5, 0.6) is 0 Å². The van der Waals surface area contributed by atoms with Crippen molar-refractivity contribution in [3.05, 3.63) is 31.7 Å². The molecule has 0 unspecified atom stereocenters. The van der Waals surface area contributed by atoms with Crippen molar-refractivity contribution in [2.75, 3.05) is 13.1 Å². The molecule has 2 N–H and O–H groups in total. The van der Waals surface area contributed by atoms with Gasteiger partial charge in [-0.1, -0.05) is 0 Å². The summed E-state index contributed by atoms with van der Waals surface area (Å²) in [5.41, 5.74) is 2.24. The van der Waals surface area contributed by atoms with Gasteiger partial charge in [-0.05, 0) is 47.0 Å². The summed E-state index contributed by atoms with van der Waals surface area (Å²) in [4.78, 5) is 14.9. The number of hydrogen-bond donors (Lipinski definition) is 2. The van der Waals surface area contributed by atoms with Gasteiger partial charge < -0.3 is 10.6 Å². The predicted molar refractivity (Wildman–Crippen MR) is 104 cm³/mol. The van der Waals surface area contributed by atoms with Gasteiger partial charge in [0.25, 0.3) is 0 Å². The zero-order valence-corrected chi connectivity index (χ0v) is 16.6. The first-order chi connectivity index (χ1) is 11.6. The quantitative estimate of drug-likeness (QED) is 0.426. The van der Waals surface area contributed by atoms with Gasteiger partial charge in [0, 0.05) is 29.0 Å². The second kappa shape index (κ2) is 9.74. The molecule has 0 aliphatic carbocycles. The maximum Gasteiger partial charge on any atom is 0.191 e. The second-order valence-electron chi connectivity index (χ2n) is 5.71. The average molecular weight is 366 g/mol. The minimum absolute atomic E-state index is 0.632. The highest BCUT2D eigenvalue weighted by Gasteiger charge is 2.04. The number of rotatable bonds is 8. The molecule has 5 nitrogen and oxygen atoms in total. The van der Waals surface area contributed by atoms with Gasteiger partial charge in [0.1, 0.15) is 5.01 Å². The summed E-state index contributed by atoms with van der Waals surface area (Å²) < 4.78 is 0. The van der Waals surface area contributed by atoms with Crippen LogP contribution in [0, 0.1) is 20.8 Å². The minimum Gasteiger partial charge on any atom is -0.357 e. The van der Waals surface area contributed by atoms with E-state index in [9.17, 15) is 0 Å². The van der Waals surface area contributed by atoms with Gasteiger partial charge in [-0.15, -0.1) is 22.7 Å². The Labute approximate surface area is 152 Å². The van der Waals surface area contributed by atoms with Crippen LogP contribution in [0.4, 0.5) is 0 Å². The summed E-state index contributed by atoms with van der Waals surface area (Å²) in [5, 5.41) is 11.1. The van der Waals surface area contributed by atoms with Crippen molar-refractivity contribution in [3.63, 3.8) is 0 Å². The van der Waals surface area contributed by atoms with Crippen LogP contribution in [0.2, 0.25) is 0 Å². The van der Waals surface area contributed by atoms with Gasteiger partial charge in [0.2, 0.25) is 0 Å². The molecule has 24 heavy (non-hydrogen) atoms. The molecule has 0 aliphatic rings. The first kappa shape index (κ1) is 18.9. The number of aryl methyl sites for hydroxylation is 4.